The van der Waals surface area contributed by atoms with E-state index in [4.69, 9.17) is 5.73 Å². The van der Waals surface area contributed by atoms with Gasteiger partial charge in [-0.15, -0.1) is 0 Å². The fourth-order valence-electron chi connectivity index (χ4n) is 3.17. The van der Waals surface area contributed by atoms with Crippen molar-refractivity contribution in [3.05, 3.63) is 65.2 Å². The van der Waals surface area contributed by atoms with E-state index in [0.717, 1.165) is 17.5 Å². The van der Waals surface area contributed by atoms with Crippen LogP contribution in [0.2, 0.25) is 0 Å². The van der Waals surface area contributed by atoms with E-state index in [9.17, 15) is 10.2 Å². The van der Waals surface area contributed by atoms with Crippen LogP contribution in [0, 0.1) is 6.92 Å². The molecule has 4 N–H and O–H groups in total. The molecule has 2 atom stereocenters. The lowest BCUT2D eigenvalue weighted by molar-refractivity contribution is 0.0231. The molecular weight excluding hydrogens is 314 g/mol. The molecule has 132 valence electrons. The molecule has 2 aromatic rings. The van der Waals surface area contributed by atoms with Crippen LogP contribution in [-0.4, -0.2) is 33.2 Å². The first-order valence-corrected chi connectivity index (χ1v) is 8.60. The second-order valence-electron chi connectivity index (χ2n) is 6.64. The second kappa shape index (κ2) is 7.68. The van der Waals surface area contributed by atoms with Crippen molar-refractivity contribution in [3.63, 3.8) is 0 Å². The van der Waals surface area contributed by atoms with Crippen LogP contribution in [0.1, 0.15) is 29.5 Å². The number of phenolic OH excluding ortho intramolecular Hbond substituents is 1. The summed E-state index contributed by atoms with van der Waals surface area (Å²) in [6.07, 6.45) is 1.01. The van der Waals surface area contributed by atoms with Gasteiger partial charge in [0.1, 0.15) is 17.8 Å². The van der Waals surface area contributed by atoms with Crippen molar-refractivity contribution in [3.8, 4) is 5.75 Å². The van der Waals surface area contributed by atoms with Crippen LogP contribution in [0.15, 0.2) is 53.5 Å². The minimum Gasteiger partial charge on any atom is -0.508 e. The molecule has 0 aliphatic carbocycles. The average Bonchev–Trinajstić information content (AvgIpc) is 2.97. The van der Waals surface area contributed by atoms with Gasteiger partial charge in [0, 0.05) is 6.54 Å². The lowest BCUT2D eigenvalue weighted by Gasteiger charge is -2.27. The molecule has 1 aliphatic rings. The van der Waals surface area contributed by atoms with E-state index < -0.39 is 6.23 Å². The van der Waals surface area contributed by atoms with Crippen molar-refractivity contribution < 1.29 is 10.2 Å². The number of aliphatic hydroxyl groups excluding tert-OH is 1. The van der Waals surface area contributed by atoms with Gasteiger partial charge >= 0.3 is 0 Å². The molecule has 0 amide bonds. The number of nitrogens with two attached hydrogens (primary N) is 1. The highest BCUT2D eigenvalue weighted by atomic mass is 16.3. The van der Waals surface area contributed by atoms with E-state index in [1.807, 2.05) is 17.0 Å². The zero-order valence-corrected chi connectivity index (χ0v) is 14.5. The van der Waals surface area contributed by atoms with Gasteiger partial charge in [-0.1, -0.05) is 42.0 Å². The number of aliphatic hydroxyl groups is 1. The Morgan fingerprint density at radius 1 is 1.08 bits per heavy atom. The number of aryl methyl sites for hydroxylation is 1. The van der Waals surface area contributed by atoms with Crippen LogP contribution in [0.25, 0.3) is 0 Å². The number of hydrogen-bond donors (Lipinski definition) is 3. The van der Waals surface area contributed by atoms with Gasteiger partial charge in [-0.05, 0) is 43.0 Å². The molecule has 0 bridgehead atoms. The van der Waals surface area contributed by atoms with Crippen LogP contribution >= 0.6 is 0 Å². The Morgan fingerprint density at radius 3 is 2.40 bits per heavy atom. The zero-order chi connectivity index (χ0) is 17.8. The fraction of sp³-hybridized carbons (Fsp3) is 0.350. The molecule has 0 saturated carbocycles. The standard InChI is InChI=1S/C20H25N3O2/c1-14-2-4-16(5-3-14)13-23-18(10-11-19(23)25)20(21)22-12-15-6-8-17(24)9-7-15/h2-9,18-19,24-25H,10-13H2,1H3,(H2,21,22)/t18-,19?/m0/s1. The van der Waals surface area contributed by atoms with Gasteiger partial charge in [0.25, 0.3) is 0 Å². The Kier molecular flexibility index (Phi) is 5.36. The van der Waals surface area contributed by atoms with E-state index in [1.165, 1.54) is 5.56 Å². The third-order valence-electron chi connectivity index (χ3n) is 4.69. The largest absolute Gasteiger partial charge is 0.508 e. The summed E-state index contributed by atoms with van der Waals surface area (Å²) in [6, 6.07) is 15.2. The smallest absolute Gasteiger partial charge is 0.115 e. The van der Waals surface area contributed by atoms with Crippen LogP contribution in [0.5, 0.6) is 5.75 Å². The first kappa shape index (κ1) is 17.5. The Hall–Kier alpha value is -2.37. The van der Waals surface area contributed by atoms with Crippen LogP contribution < -0.4 is 5.73 Å². The summed E-state index contributed by atoms with van der Waals surface area (Å²) in [5.41, 5.74) is 9.60. The number of hydrogen-bond acceptors (Lipinski definition) is 4. The highest BCUT2D eigenvalue weighted by Crippen LogP contribution is 2.25. The van der Waals surface area contributed by atoms with Crippen molar-refractivity contribution in [2.75, 3.05) is 0 Å². The molecule has 1 saturated heterocycles. The summed E-state index contributed by atoms with van der Waals surface area (Å²) in [5.74, 6) is 0.792. The molecule has 0 spiro atoms. The molecular formula is C20H25N3O2. The SMILES string of the molecule is Cc1ccc(CN2C(O)CC[C@H]2C(N)=NCc2ccc(O)cc2)cc1. The lowest BCUT2D eigenvalue weighted by Crippen LogP contribution is -2.43. The quantitative estimate of drug-likeness (QED) is 0.577. The van der Waals surface area contributed by atoms with Crippen molar-refractivity contribution in [2.45, 2.75) is 45.1 Å². The normalized spacial score (nSPS) is 21.6. The number of amidine groups is 1. The van der Waals surface area contributed by atoms with Crippen LogP contribution in [0.4, 0.5) is 0 Å². The highest BCUT2D eigenvalue weighted by Gasteiger charge is 2.34. The van der Waals surface area contributed by atoms with Crippen LogP contribution in [-0.2, 0) is 13.1 Å². The van der Waals surface area contributed by atoms with Crippen molar-refractivity contribution >= 4 is 5.84 Å². The molecule has 0 radical (unpaired) electrons. The molecule has 5 heteroatoms. The minimum atomic E-state index is -0.492. The molecule has 0 aromatic heterocycles. The van der Waals surface area contributed by atoms with Crippen LogP contribution in [0.3, 0.4) is 0 Å². The van der Waals surface area contributed by atoms with Crippen molar-refractivity contribution in [2.24, 2.45) is 10.7 Å². The third kappa shape index (κ3) is 4.38. The van der Waals surface area contributed by atoms with Gasteiger partial charge in [-0.25, -0.2) is 0 Å². The summed E-state index contributed by atoms with van der Waals surface area (Å²) >= 11 is 0. The summed E-state index contributed by atoms with van der Waals surface area (Å²) < 4.78 is 0. The topological polar surface area (TPSA) is 82.1 Å². The maximum Gasteiger partial charge on any atom is 0.115 e. The Labute approximate surface area is 148 Å². The molecule has 1 heterocycles. The fourth-order valence-corrected chi connectivity index (χ4v) is 3.17. The van der Waals surface area contributed by atoms with Gasteiger partial charge in [0.15, 0.2) is 0 Å². The van der Waals surface area contributed by atoms with Gasteiger partial charge in [-0.2, -0.15) is 0 Å². The molecule has 5 nitrogen and oxygen atoms in total. The van der Waals surface area contributed by atoms with Gasteiger partial charge in [-0.3, -0.25) is 9.89 Å². The van der Waals surface area contributed by atoms with E-state index in [2.05, 4.69) is 36.2 Å². The van der Waals surface area contributed by atoms with Gasteiger partial charge in [0.2, 0.25) is 0 Å². The van der Waals surface area contributed by atoms with E-state index in [-0.39, 0.29) is 11.8 Å². The first-order chi connectivity index (χ1) is 12.0. The van der Waals surface area contributed by atoms with Gasteiger partial charge < -0.3 is 15.9 Å². The highest BCUT2D eigenvalue weighted by molar-refractivity contribution is 5.86. The summed E-state index contributed by atoms with van der Waals surface area (Å²) in [7, 11) is 0. The van der Waals surface area contributed by atoms with E-state index >= 15 is 0 Å². The number of phenols is 1. The number of aliphatic imine (C=N–C) groups is 1. The number of rotatable bonds is 5. The molecule has 1 fully saturated rings. The molecule has 2 aromatic carbocycles. The summed E-state index contributed by atoms with van der Waals surface area (Å²) in [5, 5.41) is 19.7. The molecule has 1 unspecified atom stereocenters. The Bertz CT molecular complexity index is 726. The summed E-state index contributed by atoms with van der Waals surface area (Å²) in [6.45, 7) is 3.18. The monoisotopic (exact) mass is 339 g/mol. The van der Waals surface area contributed by atoms with Gasteiger partial charge in [0.05, 0.1) is 12.6 Å². The third-order valence-corrected chi connectivity index (χ3v) is 4.69. The lowest BCUT2D eigenvalue weighted by atomic mass is 10.1. The number of aromatic hydroxyl groups is 1. The summed E-state index contributed by atoms with van der Waals surface area (Å²) in [4.78, 5) is 6.52. The van der Waals surface area contributed by atoms with Crippen molar-refractivity contribution in [1.82, 2.24) is 4.90 Å². The Morgan fingerprint density at radius 2 is 1.72 bits per heavy atom. The molecule has 3 rings (SSSR count). The molecule has 1 aliphatic heterocycles. The van der Waals surface area contributed by atoms with E-state index in [0.29, 0.717) is 25.3 Å². The van der Waals surface area contributed by atoms with Crippen molar-refractivity contribution in [1.29, 1.82) is 0 Å². The maximum atomic E-state index is 10.3. The average molecular weight is 339 g/mol. The van der Waals surface area contributed by atoms with E-state index in [1.54, 1.807) is 12.1 Å². The Balaban J connectivity index is 1.69. The number of benzene rings is 2. The maximum absolute atomic E-state index is 10.3. The zero-order valence-electron chi connectivity index (χ0n) is 14.5. The predicted octanol–water partition coefficient (Wildman–Crippen LogP) is 2.54. The number of nitrogens with zero attached hydrogens (tertiary/aromatic N) is 2. The predicted molar refractivity (Wildman–Crippen MR) is 99.2 cm³/mol. The second-order valence-corrected chi connectivity index (χ2v) is 6.64. The first-order valence-electron chi connectivity index (χ1n) is 8.60. The number of likely N-dealkylation sites (tertiary alicyclic amines) is 1. The minimum absolute atomic E-state index is 0.0478. The molecule has 25 heavy (non-hydrogen) atoms.